The summed E-state index contributed by atoms with van der Waals surface area (Å²) in [5.74, 6) is 1.02. The van der Waals surface area contributed by atoms with Crippen molar-refractivity contribution < 1.29 is 0 Å². The number of hydrogen-bond acceptors (Lipinski definition) is 5. The van der Waals surface area contributed by atoms with Crippen LogP contribution in [0.15, 0.2) is 11.7 Å². The second kappa shape index (κ2) is 4.67. The van der Waals surface area contributed by atoms with Crippen molar-refractivity contribution in [3.05, 3.63) is 17.3 Å². The average Bonchev–Trinajstić information content (AvgIpc) is 2.81. The van der Waals surface area contributed by atoms with E-state index in [-0.39, 0.29) is 0 Å². The van der Waals surface area contributed by atoms with Gasteiger partial charge in [0.05, 0.1) is 10.2 Å². The van der Waals surface area contributed by atoms with Crippen molar-refractivity contribution >= 4 is 27.4 Å². The molecule has 0 bridgehead atoms. The normalized spacial score (nSPS) is 24.8. The number of rotatable bonds is 2. The third-order valence-corrected chi connectivity index (χ3v) is 5.91. The van der Waals surface area contributed by atoms with Crippen LogP contribution in [0.1, 0.15) is 37.7 Å². The van der Waals surface area contributed by atoms with E-state index in [2.05, 4.69) is 32.9 Å². The first-order valence-corrected chi connectivity index (χ1v) is 8.34. The molecule has 0 aromatic carbocycles. The molecule has 4 rings (SSSR count). The van der Waals surface area contributed by atoms with Gasteiger partial charge in [-0.3, -0.25) is 0 Å². The summed E-state index contributed by atoms with van der Waals surface area (Å²) in [5.41, 5.74) is 2.77. The molecule has 4 nitrogen and oxygen atoms in total. The first-order chi connectivity index (χ1) is 9.76. The Morgan fingerprint density at radius 3 is 3.10 bits per heavy atom. The number of piperidine rings is 1. The van der Waals surface area contributed by atoms with E-state index in [0.29, 0.717) is 11.6 Å². The fourth-order valence-electron chi connectivity index (χ4n) is 3.53. The van der Waals surface area contributed by atoms with Gasteiger partial charge in [0.1, 0.15) is 12.1 Å². The van der Waals surface area contributed by atoms with Crippen molar-refractivity contribution in [3.8, 4) is 0 Å². The fraction of sp³-hybridized carbons (Fsp3) is 0.600. The Labute approximate surface area is 123 Å². The van der Waals surface area contributed by atoms with Crippen LogP contribution in [-0.2, 0) is 0 Å². The van der Waals surface area contributed by atoms with E-state index in [4.69, 9.17) is 0 Å². The van der Waals surface area contributed by atoms with Crippen molar-refractivity contribution in [3.63, 3.8) is 0 Å². The Kier molecular flexibility index (Phi) is 2.93. The van der Waals surface area contributed by atoms with Gasteiger partial charge in [-0.2, -0.15) is 0 Å². The van der Waals surface area contributed by atoms with E-state index in [0.717, 1.165) is 17.9 Å². The van der Waals surface area contributed by atoms with E-state index in [9.17, 15) is 0 Å². The zero-order chi connectivity index (χ0) is 13.6. The number of thiophene rings is 1. The van der Waals surface area contributed by atoms with E-state index in [1.54, 1.807) is 17.7 Å². The summed E-state index contributed by atoms with van der Waals surface area (Å²) in [4.78, 5) is 8.87. The van der Waals surface area contributed by atoms with Crippen LogP contribution in [0.3, 0.4) is 0 Å². The van der Waals surface area contributed by atoms with Gasteiger partial charge in [0.2, 0.25) is 0 Å². The second-order valence-electron chi connectivity index (χ2n) is 6.21. The highest BCUT2D eigenvalue weighted by molar-refractivity contribution is 7.18. The molecule has 2 aliphatic rings. The quantitative estimate of drug-likeness (QED) is 0.891. The van der Waals surface area contributed by atoms with Gasteiger partial charge in [0.25, 0.3) is 0 Å². The van der Waals surface area contributed by atoms with Crippen LogP contribution in [0.2, 0.25) is 0 Å². The zero-order valence-electron chi connectivity index (χ0n) is 11.8. The van der Waals surface area contributed by atoms with Gasteiger partial charge in [-0.25, -0.2) is 9.97 Å². The number of nitrogens with one attached hydrogen (secondary N) is 2. The Morgan fingerprint density at radius 1 is 1.40 bits per heavy atom. The molecule has 2 aromatic heterocycles. The molecule has 1 spiro atoms. The number of fused-ring (bicyclic) bond motifs is 1. The summed E-state index contributed by atoms with van der Waals surface area (Å²) in [5, 5.41) is 9.57. The molecule has 1 unspecified atom stereocenters. The molecule has 1 saturated carbocycles. The summed E-state index contributed by atoms with van der Waals surface area (Å²) in [6, 6.07) is 0.539. The first-order valence-electron chi connectivity index (χ1n) is 7.46. The summed E-state index contributed by atoms with van der Waals surface area (Å²) >= 11 is 1.75. The molecule has 5 heteroatoms. The molecule has 3 heterocycles. The van der Waals surface area contributed by atoms with Gasteiger partial charge in [0.15, 0.2) is 0 Å². The highest BCUT2D eigenvalue weighted by Crippen LogP contribution is 2.39. The average molecular weight is 288 g/mol. The van der Waals surface area contributed by atoms with Gasteiger partial charge in [-0.15, -0.1) is 11.3 Å². The fourth-order valence-corrected chi connectivity index (χ4v) is 4.49. The SMILES string of the molecule is Cc1csc2c(NC3CCNC4(CCC4)C3)ncnc12. The lowest BCUT2D eigenvalue weighted by Crippen LogP contribution is -2.58. The van der Waals surface area contributed by atoms with Gasteiger partial charge < -0.3 is 10.6 Å². The molecular weight excluding hydrogens is 268 g/mol. The monoisotopic (exact) mass is 288 g/mol. The highest BCUT2D eigenvalue weighted by Gasteiger charge is 2.40. The van der Waals surface area contributed by atoms with Crippen LogP contribution in [-0.4, -0.2) is 28.1 Å². The topological polar surface area (TPSA) is 49.8 Å². The minimum atomic E-state index is 0.424. The smallest absolute Gasteiger partial charge is 0.147 e. The van der Waals surface area contributed by atoms with Crippen LogP contribution in [0.25, 0.3) is 10.2 Å². The third-order valence-electron chi connectivity index (χ3n) is 4.81. The van der Waals surface area contributed by atoms with Crippen molar-refractivity contribution in [2.45, 2.75) is 50.6 Å². The van der Waals surface area contributed by atoms with Crippen LogP contribution >= 0.6 is 11.3 Å². The Balaban J connectivity index is 1.58. The molecule has 1 aliphatic heterocycles. The van der Waals surface area contributed by atoms with Crippen LogP contribution < -0.4 is 10.6 Å². The number of aromatic nitrogens is 2. The molecule has 2 N–H and O–H groups in total. The molecule has 1 saturated heterocycles. The van der Waals surface area contributed by atoms with Crippen molar-refractivity contribution in [2.24, 2.45) is 0 Å². The van der Waals surface area contributed by atoms with Crippen molar-refractivity contribution in [1.82, 2.24) is 15.3 Å². The van der Waals surface area contributed by atoms with Crippen molar-refractivity contribution in [1.29, 1.82) is 0 Å². The number of nitrogens with zero attached hydrogens (tertiary/aromatic N) is 2. The minimum absolute atomic E-state index is 0.424. The van der Waals surface area contributed by atoms with Crippen LogP contribution in [0.5, 0.6) is 0 Å². The Bertz CT molecular complexity index is 632. The maximum absolute atomic E-state index is 4.47. The molecule has 0 amide bonds. The number of hydrogen-bond donors (Lipinski definition) is 2. The summed E-state index contributed by atoms with van der Waals surface area (Å²) in [7, 11) is 0. The molecule has 0 radical (unpaired) electrons. The van der Waals surface area contributed by atoms with E-state index in [1.807, 2.05) is 0 Å². The standard InChI is InChI=1S/C15H20N4S/c1-10-8-20-13-12(10)16-9-17-14(13)19-11-3-6-18-15(7-11)4-2-5-15/h8-9,11,18H,2-7H2,1H3,(H,16,17,19). The highest BCUT2D eigenvalue weighted by atomic mass is 32.1. The molecule has 1 aliphatic carbocycles. The maximum atomic E-state index is 4.47. The maximum Gasteiger partial charge on any atom is 0.147 e. The van der Waals surface area contributed by atoms with Gasteiger partial charge in [0, 0.05) is 11.6 Å². The predicted molar refractivity (Wildman–Crippen MR) is 83.4 cm³/mol. The van der Waals surface area contributed by atoms with Crippen LogP contribution in [0.4, 0.5) is 5.82 Å². The van der Waals surface area contributed by atoms with E-state index < -0.39 is 0 Å². The van der Waals surface area contributed by atoms with Crippen LogP contribution in [0, 0.1) is 6.92 Å². The second-order valence-corrected chi connectivity index (χ2v) is 7.09. The molecule has 20 heavy (non-hydrogen) atoms. The summed E-state index contributed by atoms with van der Waals surface area (Å²) in [6.45, 7) is 3.23. The molecule has 2 fully saturated rings. The third kappa shape index (κ3) is 2.00. The predicted octanol–water partition coefficient (Wildman–Crippen LogP) is 3.09. The summed E-state index contributed by atoms with van der Waals surface area (Å²) < 4.78 is 1.20. The molecule has 1 atom stereocenters. The van der Waals surface area contributed by atoms with Gasteiger partial charge in [-0.05, 0) is 56.5 Å². The lowest BCUT2D eigenvalue weighted by Gasteiger charge is -2.48. The zero-order valence-corrected chi connectivity index (χ0v) is 12.6. The summed E-state index contributed by atoms with van der Waals surface area (Å²) in [6.07, 6.45) is 8.14. The Hall–Kier alpha value is -1.20. The molecular formula is C15H20N4S. The van der Waals surface area contributed by atoms with E-state index >= 15 is 0 Å². The largest absolute Gasteiger partial charge is 0.366 e. The lowest BCUT2D eigenvalue weighted by molar-refractivity contribution is 0.135. The minimum Gasteiger partial charge on any atom is -0.366 e. The molecule has 106 valence electrons. The van der Waals surface area contributed by atoms with Gasteiger partial charge >= 0.3 is 0 Å². The first kappa shape index (κ1) is 12.5. The lowest BCUT2D eigenvalue weighted by atomic mass is 9.70. The van der Waals surface area contributed by atoms with Crippen molar-refractivity contribution in [2.75, 3.05) is 11.9 Å². The molecule has 2 aromatic rings. The van der Waals surface area contributed by atoms with E-state index in [1.165, 1.54) is 42.4 Å². The number of anilines is 1. The van der Waals surface area contributed by atoms with Gasteiger partial charge in [-0.1, -0.05) is 0 Å². The Morgan fingerprint density at radius 2 is 2.30 bits per heavy atom. The number of aryl methyl sites for hydroxylation is 1.